The van der Waals surface area contributed by atoms with Crippen molar-refractivity contribution in [2.75, 3.05) is 24.6 Å². The zero-order valence-corrected chi connectivity index (χ0v) is 15.1. The van der Waals surface area contributed by atoms with Gasteiger partial charge in [-0.3, -0.25) is 9.00 Å². The lowest BCUT2D eigenvalue weighted by Gasteiger charge is -2.41. The molecule has 0 aromatic heterocycles. The number of hydrogen-bond acceptors (Lipinski definition) is 5. The highest BCUT2D eigenvalue weighted by Gasteiger charge is 2.28. The van der Waals surface area contributed by atoms with E-state index in [1.807, 2.05) is 4.90 Å². The Morgan fingerprint density at radius 3 is 2.62 bits per heavy atom. The fourth-order valence-electron chi connectivity index (χ4n) is 2.53. The second kappa shape index (κ2) is 8.03. The van der Waals surface area contributed by atoms with Crippen LogP contribution in [-0.4, -0.2) is 40.4 Å². The number of nitrogens with zero attached hydrogens (tertiary/aromatic N) is 1. The van der Waals surface area contributed by atoms with Crippen LogP contribution in [0.4, 0.5) is 10.1 Å². The van der Waals surface area contributed by atoms with Gasteiger partial charge in [0.05, 0.1) is 11.1 Å². The lowest BCUT2D eigenvalue weighted by atomic mass is 10.1. The van der Waals surface area contributed by atoms with Crippen molar-refractivity contribution in [1.82, 2.24) is 5.32 Å². The molecule has 138 valence electrons. The number of ether oxygens (including phenoxy) is 1. The van der Waals surface area contributed by atoms with Gasteiger partial charge in [-0.2, -0.15) is 0 Å². The lowest BCUT2D eigenvalue weighted by molar-refractivity contribution is -0.124. The van der Waals surface area contributed by atoms with Crippen molar-refractivity contribution in [2.24, 2.45) is 0 Å². The van der Waals surface area contributed by atoms with Gasteiger partial charge in [-0.1, -0.05) is 11.6 Å². The predicted molar refractivity (Wildman–Crippen MR) is 94.7 cm³/mol. The van der Waals surface area contributed by atoms with Gasteiger partial charge in [0, 0.05) is 29.7 Å². The number of halogens is 2. The standard InChI is InChI=1S/C17H16ClFN2O4S/c18-15-6-3-13(7-16(15)19)25-10-17(22)20-11-8-21(9-11)12-1-4-14(5-2-12)26(23)24/h1-7,11H,8-10H2,(H,20,22)(H,23,24)/p-1. The van der Waals surface area contributed by atoms with Crippen LogP contribution < -0.4 is 15.0 Å². The number of amides is 1. The second-order valence-corrected chi connectivity index (χ2v) is 7.11. The number of anilines is 1. The largest absolute Gasteiger partial charge is 0.768 e. The molecule has 0 bridgehead atoms. The fourth-order valence-corrected chi connectivity index (χ4v) is 3.01. The molecule has 1 fully saturated rings. The highest BCUT2D eigenvalue weighted by molar-refractivity contribution is 7.79. The van der Waals surface area contributed by atoms with Crippen LogP contribution in [-0.2, 0) is 15.9 Å². The zero-order chi connectivity index (χ0) is 18.7. The third kappa shape index (κ3) is 4.51. The van der Waals surface area contributed by atoms with Crippen LogP contribution in [0, 0.1) is 5.82 Å². The van der Waals surface area contributed by atoms with Crippen LogP contribution >= 0.6 is 11.6 Å². The molecule has 6 nitrogen and oxygen atoms in total. The van der Waals surface area contributed by atoms with Gasteiger partial charge in [-0.15, -0.1) is 0 Å². The zero-order valence-electron chi connectivity index (χ0n) is 13.5. The van der Waals surface area contributed by atoms with Crippen LogP contribution in [0.3, 0.4) is 0 Å². The molecule has 9 heteroatoms. The first-order chi connectivity index (χ1) is 12.4. The number of carbonyl (C=O) groups is 1. The summed E-state index contributed by atoms with van der Waals surface area (Å²) < 4.78 is 40.2. The van der Waals surface area contributed by atoms with E-state index in [0.717, 1.165) is 11.8 Å². The molecular formula is C17H15ClFN2O4S-. The smallest absolute Gasteiger partial charge is 0.258 e. The van der Waals surface area contributed by atoms with Crippen LogP contribution in [0.2, 0.25) is 5.02 Å². The van der Waals surface area contributed by atoms with E-state index in [-0.39, 0.29) is 34.2 Å². The topological polar surface area (TPSA) is 81.7 Å². The molecule has 3 rings (SSSR count). The molecule has 0 spiro atoms. The van der Waals surface area contributed by atoms with Gasteiger partial charge in [-0.25, -0.2) is 4.39 Å². The predicted octanol–water partition coefficient (Wildman–Crippen LogP) is 2.10. The fraction of sp³-hybridized carbons (Fsp3) is 0.235. The summed E-state index contributed by atoms with van der Waals surface area (Å²) in [6.07, 6.45) is 0. The normalized spacial score (nSPS) is 15.3. The van der Waals surface area contributed by atoms with E-state index >= 15 is 0 Å². The molecule has 1 aliphatic heterocycles. The molecule has 0 saturated carbocycles. The first-order valence-corrected chi connectivity index (χ1v) is 9.19. The monoisotopic (exact) mass is 397 g/mol. The Balaban J connectivity index is 1.42. The molecule has 1 unspecified atom stereocenters. The molecule has 0 radical (unpaired) electrons. The Bertz CT molecular complexity index is 828. The summed E-state index contributed by atoms with van der Waals surface area (Å²) in [5.41, 5.74) is 0.887. The SMILES string of the molecule is O=C(COc1ccc(Cl)c(F)c1)NC1CN(c2ccc(S(=O)[O-])cc2)C1. The van der Waals surface area contributed by atoms with Crippen LogP contribution in [0.15, 0.2) is 47.4 Å². The summed E-state index contributed by atoms with van der Waals surface area (Å²) in [6, 6.07) is 10.5. The molecular weight excluding hydrogens is 383 g/mol. The van der Waals surface area contributed by atoms with Gasteiger partial charge in [-0.05, 0) is 47.5 Å². The average Bonchev–Trinajstić information content (AvgIpc) is 2.59. The van der Waals surface area contributed by atoms with E-state index in [9.17, 15) is 17.9 Å². The van der Waals surface area contributed by atoms with Gasteiger partial charge in [0.1, 0.15) is 11.6 Å². The number of benzene rings is 2. The minimum Gasteiger partial charge on any atom is -0.768 e. The van der Waals surface area contributed by atoms with E-state index in [4.69, 9.17) is 16.3 Å². The summed E-state index contributed by atoms with van der Waals surface area (Å²) in [5, 5.41) is 2.81. The Labute approximate surface area is 157 Å². The second-order valence-electron chi connectivity index (χ2n) is 5.76. The molecule has 2 aromatic carbocycles. The van der Waals surface area contributed by atoms with Crippen LogP contribution in [0.5, 0.6) is 5.75 Å². The van der Waals surface area contributed by atoms with Crippen LogP contribution in [0.1, 0.15) is 0 Å². The maximum atomic E-state index is 13.3. The molecule has 2 aromatic rings. The minimum absolute atomic E-state index is 0.00844. The molecule has 1 amide bonds. The lowest BCUT2D eigenvalue weighted by Crippen LogP contribution is -2.60. The average molecular weight is 398 g/mol. The molecule has 1 saturated heterocycles. The minimum atomic E-state index is -2.24. The van der Waals surface area contributed by atoms with Crippen molar-refractivity contribution in [3.63, 3.8) is 0 Å². The maximum absolute atomic E-state index is 13.3. The van der Waals surface area contributed by atoms with Crippen molar-refractivity contribution in [1.29, 1.82) is 0 Å². The molecule has 1 N–H and O–H groups in total. The van der Waals surface area contributed by atoms with Gasteiger partial charge in [0.2, 0.25) is 0 Å². The van der Waals surface area contributed by atoms with Gasteiger partial charge >= 0.3 is 0 Å². The van der Waals surface area contributed by atoms with Crippen molar-refractivity contribution >= 4 is 34.3 Å². The highest BCUT2D eigenvalue weighted by atomic mass is 35.5. The van der Waals surface area contributed by atoms with Crippen molar-refractivity contribution in [3.05, 3.63) is 53.3 Å². The molecule has 1 atom stereocenters. The molecule has 1 aliphatic rings. The van der Waals surface area contributed by atoms with Gasteiger partial charge in [0.25, 0.3) is 5.91 Å². The van der Waals surface area contributed by atoms with E-state index in [1.54, 1.807) is 12.1 Å². The number of nitrogens with one attached hydrogen (secondary N) is 1. The third-order valence-corrected chi connectivity index (χ3v) is 4.87. The first-order valence-electron chi connectivity index (χ1n) is 7.74. The number of hydrogen-bond donors (Lipinski definition) is 1. The molecule has 26 heavy (non-hydrogen) atoms. The maximum Gasteiger partial charge on any atom is 0.258 e. The Morgan fingerprint density at radius 2 is 2.00 bits per heavy atom. The summed E-state index contributed by atoms with van der Waals surface area (Å²) in [5.74, 6) is -0.679. The highest BCUT2D eigenvalue weighted by Crippen LogP contribution is 2.22. The van der Waals surface area contributed by atoms with E-state index in [1.165, 1.54) is 24.3 Å². The number of rotatable bonds is 6. The summed E-state index contributed by atoms with van der Waals surface area (Å²) in [7, 11) is 0. The molecule has 1 heterocycles. The first kappa shape index (κ1) is 18.6. The summed E-state index contributed by atoms with van der Waals surface area (Å²) in [6.45, 7) is 1.00. The van der Waals surface area contributed by atoms with Crippen molar-refractivity contribution < 1.29 is 22.7 Å². The van der Waals surface area contributed by atoms with Gasteiger partial charge in [0.15, 0.2) is 6.61 Å². The van der Waals surface area contributed by atoms with Gasteiger partial charge < -0.3 is 19.5 Å². The Morgan fingerprint density at radius 1 is 1.31 bits per heavy atom. The Kier molecular flexibility index (Phi) is 5.75. The third-order valence-electron chi connectivity index (χ3n) is 3.90. The van der Waals surface area contributed by atoms with E-state index < -0.39 is 16.9 Å². The quantitative estimate of drug-likeness (QED) is 0.755. The van der Waals surface area contributed by atoms with Crippen molar-refractivity contribution in [2.45, 2.75) is 10.9 Å². The summed E-state index contributed by atoms with van der Waals surface area (Å²) in [4.78, 5) is 14.1. The summed E-state index contributed by atoms with van der Waals surface area (Å²) >= 11 is 3.34. The number of carbonyl (C=O) groups excluding carboxylic acids is 1. The Hall–Kier alpha value is -2.16. The van der Waals surface area contributed by atoms with E-state index in [2.05, 4.69) is 5.32 Å². The van der Waals surface area contributed by atoms with E-state index in [0.29, 0.717) is 13.1 Å². The van der Waals surface area contributed by atoms with Crippen molar-refractivity contribution in [3.8, 4) is 5.75 Å². The molecule has 0 aliphatic carbocycles. The van der Waals surface area contributed by atoms with Crippen LogP contribution in [0.25, 0.3) is 0 Å².